The molecule has 0 aliphatic carbocycles. The Labute approximate surface area is 98.0 Å². The zero-order valence-electron chi connectivity index (χ0n) is 9.45. The molecule has 1 aromatic rings. The van der Waals surface area contributed by atoms with Gasteiger partial charge in [-0.05, 0) is 30.5 Å². The van der Waals surface area contributed by atoms with Gasteiger partial charge >= 0.3 is 5.97 Å². The van der Waals surface area contributed by atoms with E-state index in [1.165, 1.54) is 13.2 Å². The topological polar surface area (TPSA) is 46.5 Å². The molecule has 94 valence electrons. The van der Waals surface area contributed by atoms with Crippen LogP contribution in [0.2, 0.25) is 0 Å². The second kappa shape index (κ2) is 6.30. The van der Waals surface area contributed by atoms with E-state index in [-0.39, 0.29) is 12.4 Å². The summed E-state index contributed by atoms with van der Waals surface area (Å²) < 4.78 is 30.0. The van der Waals surface area contributed by atoms with Gasteiger partial charge in [-0.3, -0.25) is 4.79 Å². The number of aliphatic hydroxyl groups excluding tert-OH is 1. The number of methoxy groups -OCH3 is 1. The first-order chi connectivity index (χ1) is 8.04. The highest BCUT2D eigenvalue weighted by Gasteiger charge is 2.11. The number of esters is 1. The lowest BCUT2D eigenvalue weighted by Crippen LogP contribution is -2.03. The van der Waals surface area contributed by atoms with E-state index in [1.807, 2.05) is 0 Å². The zero-order valence-corrected chi connectivity index (χ0v) is 9.45. The maximum Gasteiger partial charge on any atom is 0.305 e. The molecule has 0 bridgehead atoms. The van der Waals surface area contributed by atoms with Crippen LogP contribution in [0.4, 0.5) is 8.78 Å². The smallest absolute Gasteiger partial charge is 0.305 e. The minimum absolute atomic E-state index is 0.192. The Hall–Kier alpha value is -1.49. The van der Waals surface area contributed by atoms with Crippen molar-refractivity contribution in [1.82, 2.24) is 0 Å². The number of halogens is 2. The summed E-state index contributed by atoms with van der Waals surface area (Å²) in [6.07, 6.45) is -0.000644. The Morgan fingerprint density at radius 2 is 2.12 bits per heavy atom. The third-order valence-corrected chi connectivity index (χ3v) is 2.41. The predicted octanol–water partition coefficient (Wildman–Crippen LogP) is 2.34. The fraction of sp³-hybridized carbons (Fsp3) is 0.417. The molecule has 0 fully saturated rings. The predicted molar refractivity (Wildman–Crippen MR) is 57.2 cm³/mol. The van der Waals surface area contributed by atoms with Gasteiger partial charge in [0.2, 0.25) is 0 Å². The molecule has 0 aromatic heterocycles. The maximum absolute atomic E-state index is 12.9. The second-order valence-corrected chi connectivity index (χ2v) is 3.66. The summed E-state index contributed by atoms with van der Waals surface area (Å²) in [7, 11) is 1.29. The largest absolute Gasteiger partial charge is 0.469 e. The monoisotopic (exact) mass is 244 g/mol. The summed E-state index contributed by atoms with van der Waals surface area (Å²) >= 11 is 0. The molecular weight excluding hydrogens is 230 g/mol. The molecule has 0 aliphatic rings. The van der Waals surface area contributed by atoms with Crippen molar-refractivity contribution in [3.8, 4) is 0 Å². The Kier molecular flexibility index (Phi) is 5.03. The number of aliphatic hydroxyl groups is 1. The van der Waals surface area contributed by atoms with Crippen LogP contribution in [0.1, 0.15) is 30.9 Å². The van der Waals surface area contributed by atoms with E-state index in [2.05, 4.69) is 4.74 Å². The van der Waals surface area contributed by atoms with E-state index in [1.54, 1.807) is 0 Å². The van der Waals surface area contributed by atoms with Crippen LogP contribution in [0, 0.1) is 11.6 Å². The molecule has 0 saturated heterocycles. The van der Waals surface area contributed by atoms with Gasteiger partial charge in [0.25, 0.3) is 0 Å². The molecule has 0 radical (unpaired) electrons. The summed E-state index contributed by atoms with van der Waals surface area (Å²) in [5, 5.41) is 9.68. The van der Waals surface area contributed by atoms with Crippen molar-refractivity contribution in [2.75, 3.05) is 7.11 Å². The number of benzene rings is 1. The van der Waals surface area contributed by atoms with Gasteiger partial charge in [-0.2, -0.15) is 0 Å². The van der Waals surface area contributed by atoms with Crippen molar-refractivity contribution in [3.63, 3.8) is 0 Å². The number of rotatable bonds is 5. The van der Waals surface area contributed by atoms with Crippen LogP contribution in [-0.4, -0.2) is 18.2 Å². The third kappa shape index (κ3) is 4.11. The molecule has 17 heavy (non-hydrogen) atoms. The molecule has 1 N–H and O–H groups in total. The number of carbonyl (C=O) groups excluding carboxylic acids is 1. The van der Waals surface area contributed by atoms with Crippen LogP contribution in [0.15, 0.2) is 18.2 Å². The third-order valence-electron chi connectivity index (χ3n) is 2.41. The fourth-order valence-electron chi connectivity index (χ4n) is 1.43. The molecule has 3 nitrogen and oxygen atoms in total. The molecule has 1 atom stereocenters. The minimum Gasteiger partial charge on any atom is -0.469 e. The molecule has 0 saturated carbocycles. The Morgan fingerprint density at radius 1 is 1.41 bits per heavy atom. The highest BCUT2D eigenvalue weighted by Crippen LogP contribution is 2.21. The van der Waals surface area contributed by atoms with Crippen molar-refractivity contribution in [3.05, 3.63) is 35.4 Å². The summed E-state index contributed by atoms with van der Waals surface area (Å²) in [6, 6.07) is 3.24. The molecule has 1 aromatic carbocycles. The molecule has 5 heteroatoms. The van der Waals surface area contributed by atoms with E-state index >= 15 is 0 Å². The first kappa shape index (κ1) is 13.6. The van der Waals surface area contributed by atoms with Gasteiger partial charge in [0.1, 0.15) is 0 Å². The van der Waals surface area contributed by atoms with Crippen molar-refractivity contribution >= 4 is 5.97 Å². The molecule has 0 aliphatic heterocycles. The lowest BCUT2D eigenvalue weighted by molar-refractivity contribution is -0.140. The number of carbonyl (C=O) groups is 1. The van der Waals surface area contributed by atoms with E-state index in [9.17, 15) is 18.7 Å². The van der Waals surface area contributed by atoms with Crippen LogP contribution < -0.4 is 0 Å². The molecule has 1 unspecified atom stereocenters. The molecule has 0 amide bonds. The Bertz CT molecular complexity index is 393. The van der Waals surface area contributed by atoms with Crippen molar-refractivity contribution in [1.29, 1.82) is 0 Å². The van der Waals surface area contributed by atoms with Crippen molar-refractivity contribution in [2.24, 2.45) is 0 Å². The quantitative estimate of drug-likeness (QED) is 0.809. The van der Waals surface area contributed by atoms with E-state index in [0.29, 0.717) is 18.4 Å². The zero-order chi connectivity index (χ0) is 12.8. The van der Waals surface area contributed by atoms with Gasteiger partial charge in [-0.1, -0.05) is 6.07 Å². The highest BCUT2D eigenvalue weighted by molar-refractivity contribution is 5.68. The standard InChI is InChI=1S/C12H14F2O3/c1-17-12(16)4-2-3-11(15)8-5-6-9(13)10(14)7-8/h5-7,11,15H,2-4H2,1H3. The highest BCUT2D eigenvalue weighted by atomic mass is 19.2. The first-order valence-electron chi connectivity index (χ1n) is 5.24. The number of hydrogen-bond acceptors (Lipinski definition) is 3. The van der Waals surface area contributed by atoms with Crippen LogP contribution in [0.3, 0.4) is 0 Å². The minimum atomic E-state index is -0.991. The SMILES string of the molecule is COC(=O)CCCC(O)c1ccc(F)c(F)c1. The number of ether oxygens (including phenoxy) is 1. The Morgan fingerprint density at radius 3 is 2.71 bits per heavy atom. The average molecular weight is 244 g/mol. The van der Waals surface area contributed by atoms with Crippen LogP contribution in [0.25, 0.3) is 0 Å². The molecule has 0 spiro atoms. The summed E-state index contributed by atoms with van der Waals surface area (Å²) in [4.78, 5) is 10.8. The van der Waals surface area contributed by atoms with Gasteiger partial charge in [0.05, 0.1) is 13.2 Å². The van der Waals surface area contributed by atoms with Crippen LogP contribution in [0.5, 0.6) is 0 Å². The van der Waals surface area contributed by atoms with E-state index in [0.717, 1.165) is 12.1 Å². The summed E-state index contributed by atoms with van der Waals surface area (Å²) in [5.41, 5.74) is 0.300. The van der Waals surface area contributed by atoms with Crippen LogP contribution in [-0.2, 0) is 9.53 Å². The lowest BCUT2D eigenvalue weighted by atomic mass is 10.0. The molecule has 0 heterocycles. The van der Waals surface area contributed by atoms with Gasteiger partial charge in [0, 0.05) is 6.42 Å². The van der Waals surface area contributed by atoms with Gasteiger partial charge in [0.15, 0.2) is 11.6 Å². The fourth-order valence-corrected chi connectivity index (χ4v) is 1.43. The number of hydrogen-bond donors (Lipinski definition) is 1. The molecular formula is C12H14F2O3. The van der Waals surface area contributed by atoms with Gasteiger partial charge < -0.3 is 9.84 Å². The summed E-state index contributed by atoms with van der Waals surface area (Å²) in [6.45, 7) is 0. The average Bonchev–Trinajstić information content (AvgIpc) is 2.32. The van der Waals surface area contributed by atoms with Gasteiger partial charge in [-0.15, -0.1) is 0 Å². The maximum atomic E-state index is 12.9. The van der Waals surface area contributed by atoms with E-state index in [4.69, 9.17) is 0 Å². The lowest BCUT2D eigenvalue weighted by Gasteiger charge is -2.10. The van der Waals surface area contributed by atoms with Gasteiger partial charge in [-0.25, -0.2) is 8.78 Å². The summed E-state index contributed by atoms with van der Waals surface area (Å²) in [5.74, 6) is -2.30. The Balaban J connectivity index is 2.49. The van der Waals surface area contributed by atoms with E-state index < -0.39 is 17.7 Å². The van der Waals surface area contributed by atoms with Crippen molar-refractivity contribution < 1.29 is 23.4 Å². The van der Waals surface area contributed by atoms with Crippen molar-refractivity contribution in [2.45, 2.75) is 25.4 Å². The normalized spacial score (nSPS) is 12.2. The molecule has 1 rings (SSSR count). The second-order valence-electron chi connectivity index (χ2n) is 3.66. The first-order valence-corrected chi connectivity index (χ1v) is 5.24. The van der Waals surface area contributed by atoms with Crippen LogP contribution >= 0.6 is 0 Å².